The largest absolute Gasteiger partial charge is 0.395 e. The molecule has 0 aliphatic heterocycles. The number of hydrogen-bond donors (Lipinski definition) is 1. The summed E-state index contributed by atoms with van der Waals surface area (Å²) in [5, 5.41) is 10.7. The Morgan fingerprint density at radius 3 is 3.05 bits per heavy atom. The van der Waals surface area contributed by atoms with Crippen LogP contribution in [0.25, 0.3) is 0 Å². The van der Waals surface area contributed by atoms with Crippen LogP contribution in [0.3, 0.4) is 0 Å². The highest BCUT2D eigenvalue weighted by molar-refractivity contribution is 7.10. The van der Waals surface area contributed by atoms with Gasteiger partial charge in [-0.15, -0.1) is 11.3 Å². The third-order valence-corrected chi connectivity index (χ3v) is 3.75. The minimum Gasteiger partial charge on any atom is -0.395 e. The molecule has 5 heteroatoms. The fourth-order valence-corrected chi connectivity index (χ4v) is 2.60. The molecule has 1 aromatic heterocycles. The number of hydrogen-bond acceptors (Lipinski definition) is 4. The van der Waals surface area contributed by atoms with Gasteiger partial charge in [-0.3, -0.25) is 4.79 Å². The van der Waals surface area contributed by atoms with Gasteiger partial charge in [0.15, 0.2) is 0 Å². The summed E-state index contributed by atoms with van der Waals surface area (Å²) in [5.74, 6) is 6.03. The molecule has 116 valence electrons. The maximum absolute atomic E-state index is 11.9. The fourth-order valence-electron chi connectivity index (χ4n) is 1.73. The van der Waals surface area contributed by atoms with Crippen molar-refractivity contribution in [3.05, 3.63) is 21.9 Å². The first-order chi connectivity index (χ1) is 10.2. The van der Waals surface area contributed by atoms with Gasteiger partial charge in [-0.1, -0.05) is 11.8 Å². The van der Waals surface area contributed by atoms with Crippen LogP contribution in [0, 0.1) is 11.8 Å². The van der Waals surface area contributed by atoms with Crippen molar-refractivity contribution in [3.63, 3.8) is 0 Å². The topological polar surface area (TPSA) is 49.8 Å². The van der Waals surface area contributed by atoms with Gasteiger partial charge in [0.25, 0.3) is 0 Å². The van der Waals surface area contributed by atoms with E-state index >= 15 is 0 Å². The van der Waals surface area contributed by atoms with E-state index in [4.69, 9.17) is 9.84 Å². The monoisotopic (exact) mass is 309 g/mol. The molecule has 0 radical (unpaired) electrons. The van der Waals surface area contributed by atoms with Crippen LogP contribution in [0.1, 0.15) is 36.6 Å². The van der Waals surface area contributed by atoms with Crippen molar-refractivity contribution >= 4 is 17.2 Å². The molecule has 0 aliphatic rings. The molecule has 1 rings (SSSR count). The van der Waals surface area contributed by atoms with E-state index in [1.807, 2.05) is 25.4 Å². The molecule has 0 aliphatic carbocycles. The minimum atomic E-state index is 0.0863. The van der Waals surface area contributed by atoms with E-state index in [1.165, 1.54) is 0 Å². The zero-order valence-electron chi connectivity index (χ0n) is 12.7. The Balaban J connectivity index is 2.38. The molecular weight excluding hydrogens is 286 g/mol. The molecule has 0 atom stereocenters. The van der Waals surface area contributed by atoms with Crippen LogP contribution >= 0.6 is 11.3 Å². The molecular formula is C16H23NO3S. The Kier molecular flexibility index (Phi) is 8.76. The van der Waals surface area contributed by atoms with Crippen molar-refractivity contribution in [2.24, 2.45) is 0 Å². The number of rotatable bonds is 8. The van der Waals surface area contributed by atoms with Crippen molar-refractivity contribution in [2.45, 2.75) is 32.7 Å². The Morgan fingerprint density at radius 1 is 1.52 bits per heavy atom. The molecule has 0 saturated heterocycles. The van der Waals surface area contributed by atoms with Gasteiger partial charge >= 0.3 is 0 Å². The van der Waals surface area contributed by atoms with Gasteiger partial charge in [-0.05, 0) is 19.4 Å². The lowest BCUT2D eigenvalue weighted by Gasteiger charge is -2.16. The van der Waals surface area contributed by atoms with Gasteiger partial charge in [0.2, 0.25) is 5.91 Å². The molecule has 0 saturated carbocycles. The van der Waals surface area contributed by atoms with Gasteiger partial charge in [0, 0.05) is 48.9 Å². The SMILES string of the molecule is CCOCCCC(=O)N(C)Cc1cc(C#CCCO)cs1. The molecule has 1 amide bonds. The molecule has 0 bridgehead atoms. The lowest BCUT2D eigenvalue weighted by Crippen LogP contribution is -2.25. The summed E-state index contributed by atoms with van der Waals surface area (Å²) in [6, 6.07) is 2.00. The highest BCUT2D eigenvalue weighted by Gasteiger charge is 2.10. The number of ether oxygens (including phenoxy) is 1. The molecule has 1 heterocycles. The predicted molar refractivity (Wildman–Crippen MR) is 85.1 cm³/mol. The number of thiophene rings is 1. The maximum Gasteiger partial charge on any atom is 0.222 e. The van der Waals surface area contributed by atoms with Gasteiger partial charge < -0.3 is 14.7 Å². The van der Waals surface area contributed by atoms with E-state index in [9.17, 15) is 4.79 Å². The summed E-state index contributed by atoms with van der Waals surface area (Å²) in [6.07, 6.45) is 1.77. The highest BCUT2D eigenvalue weighted by atomic mass is 32.1. The van der Waals surface area contributed by atoms with E-state index in [-0.39, 0.29) is 12.5 Å². The van der Waals surface area contributed by atoms with Gasteiger partial charge in [-0.2, -0.15) is 0 Å². The second kappa shape index (κ2) is 10.4. The number of carbonyl (C=O) groups excluding carboxylic acids is 1. The van der Waals surface area contributed by atoms with E-state index in [0.29, 0.717) is 32.6 Å². The molecule has 1 aromatic rings. The summed E-state index contributed by atoms with van der Waals surface area (Å²) in [7, 11) is 1.82. The number of amides is 1. The van der Waals surface area contributed by atoms with E-state index in [1.54, 1.807) is 16.2 Å². The van der Waals surface area contributed by atoms with Crippen molar-refractivity contribution < 1.29 is 14.6 Å². The Morgan fingerprint density at radius 2 is 2.33 bits per heavy atom. The Labute approximate surface area is 130 Å². The van der Waals surface area contributed by atoms with E-state index < -0.39 is 0 Å². The average molecular weight is 309 g/mol. The third kappa shape index (κ3) is 7.28. The molecule has 0 aromatic carbocycles. The first kappa shape index (κ1) is 17.7. The van der Waals surface area contributed by atoms with Gasteiger partial charge in [0.1, 0.15) is 0 Å². The first-order valence-electron chi connectivity index (χ1n) is 7.16. The lowest BCUT2D eigenvalue weighted by molar-refractivity contribution is -0.130. The van der Waals surface area contributed by atoms with E-state index in [2.05, 4.69) is 11.8 Å². The van der Waals surface area contributed by atoms with Gasteiger partial charge in [-0.25, -0.2) is 0 Å². The molecule has 21 heavy (non-hydrogen) atoms. The van der Waals surface area contributed by atoms with Crippen molar-refractivity contribution in [2.75, 3.05) is 26.9 Å². The smallest absolute Gasteiger partial charge is 0.222 e. The quantitative estimate of drug-likeness (QED) is 0.592. The standard InChI is InChI=1S/C16H23NO3S/c1-3-20-10-6-8-16(19)17(2)12-15-11-14(13-21-15)7-4-5-9-18/h11,13,18H,3,5-6,8-10,12H2,1-2H3. The van der Waals surface area contributed by atoms with Crippen molar-refractivity contribution in [1.29, 1.82) is 0 Å². The summed E-state index contributed by atoms with van der Waals surface area (Å²) in [6.45, 7) is 3.98. The predicted octanol–water partition coefficient (Wildman–Crippen LogP) is 2.26. The number of aliphatic hydroxyl groups excluding tert-OH is 1. The second-order valence-electron chi connectivity index (χ2n) is 4.63. The third-order valence-electron chi connectivity index (χ3n) is 2.83. The van der Waals surface area contributed by atoms with E-state index in [0.717, 1.165) is 16.9 Å². The van der Waals surface area contributed by atoms with Crippen LogP contribution in [0.5, 0.6) is 0 Å². The molecule has 0 spiro atoms. The lowest BCUT2D eigenvalue weighted by atomic mass is 10.2. The minimum absolute atomic E-state index is 0.0863. The van der Waals surface area contributed by atoms with Crippen LogP contribution in [0.2, 0.25) is 0 Å². The van der Waals surface area contributed by atoms with Crippen LogP contribution in [-0.2, 0) is 16.1 Å². The summed E-state index contributed by atoms with van der Waals surface area (Å²) in [4.78, 5) is 14.8. The van der Waals surface area contributed by atoms with Crippen molar-refractivity contribution in [1.82, 2.24) is 4.90 Å². The Bertz CT molecular complexity index is 487. The Hall–Kier alpha value is -1.35. The van der Waals surface area contributed by atoms with Crippen LogP contribution in [-0.4, -0.2) is 42.8 Å². The first-order valence-corrected chi connectivity index (χ1v) is 8.04. The normalized spacial score (nSPS) is 10.0. The van der Waals surface area contributed by atoms with Gasteiger partial charge in [0.05, 0.1) is 13.2 Å². The molecule has 0 fully saturated rings. The average Bonchev–Trinajstić information content (AvgIpc) is 2.91. The molecule has 0 unspecified atom stereocenters. The van der Waals surface area contributed by atoms with Crippen LogP contribution < -0.4 is 0 Å². The fraction of sp³-hybridized carbons (Fsp3) is 0.562. The summed E-state index contributed by atoms with van der Waals surface area (Å²) < 4.78 is 5.23. The van der Waals surface area contributed by atoms with Crippen molar-refractivity contribution in [3.8, 4) is 11.8 Å². The summed E-state index contributed by atoms with van der Waals surface area (Å²) >= 11 is 1.60. The van der Waals surface area contributed by atoms with Crippen LogP contribution in [0.4, 0.5) is 0 Å². The molecule has 1 N–H and O–H groups in total. The zero-order valence-corrected chi connectivity index (χ0v) is 13.5. The van der Waals surface area contributed by atoms with Crippen LogP contribution in [0.15, 0.2) is 11.4 Å². The summed E-state index contributed by atoms with van der Waals surface area (Å²) in [5.41, 5.74) is 0.945. The number of aliphatic hydroxyl groups is 1. The number of carbonyl (C=O) groups is 1. The highest BCUT2D eigenvalue weighted by Crippen LogP contribution is 2.16. The zero-order chi connectivity index (χ0) is 15.5. The maximum atomic E-state index is 11.9. The number of nitrogens with zero attached hydrogens (tertiary/aromatic N) is 1. The molecule has 4 nitrogen and oxygen atoms in total. The second-order valence-corrected chi connectivity index (χ2v) is 5.62.